The number of nitrogens with zero attached hydrogens (tertiary/aromatic N) is 1. The van der Waals surface area contributed by atoms with Gasteiger partial charge in [0.25, 0.3) is 11.5 Å². The third kappa shape index (κ3) is 4.00. The normalized spacial score (nSPS) is 11.7. The molecular weight excluding hydrogens is 238 g/mol. The maximum absolute atomic E-state index is 11.7. The first-order chi connectivity index (χ1) is 8.56. The molecule has 0 saturated heterocycles. The highest BCUT2D eigenvalue weighted by Gasteiger charge is 2.16. The van der Waals surface area contributed by atoms with Crippen LogP contribution in [0.5, 0.6) is 0 Å². The van der Waals surface area contributed by atoms with Crippen LogP contribution in [0.4, 0.5) is 0 Å². The lowest BCUT2D eigenvalue weighted by Crippen LogP contribution is -2.37. The average molecular weight is 253 g/mol. The topological polar surface area (TPSA) is 101 Å². The number of methoxy groups -OCH3 is 1. The average Bonchev–Trinajstić information content (AvgIpc) is 2.38. The number of carbonyl (C=O) groups is 2. The molecule has 98 valence electrons. The van der Waals surface area contributed by atoms with E-state index < -0.39 is 11.9 Å². The minimum atomic E-state index is -0.443. The Morgan fingerprint density at radius 1 is 1.50 bits per heavy atom. The molecule has 0 aliphatic rings. The number of ether oxygens (including phenoxy) is 1. The Balaban J connectivity index is 2.64. The van der Waals surface area contributed by atoms with Crippen LogP contribution in [0.2, 0.25) is 0 Å². The first-order valence-corrected chi connectivity index (χ1v) is 5.50. The summed E-state index contributed by atoms with van der Waals surface area (Å²) in [5.41, 5.74) is -0.286. The van der Waals surface area contributed by atoms with E-state index in [1.807, 2.05) is 6.92 Å². The summed E-state index contributed by atoms with van der Waals surface area (Å²) in [6.45, 7) is 1.84. The van der Waals surface area contributed by atoms with Gasteiger partial charge in [-0.1, -0.05) is 6.92 Å². The molecule has 7 nitrogen and oxygen atoms in total. The number of nitrogens with one attached hydrogen (secondary N) is 2. The van der Waals surface area contributed by atoms with Crippen LogP contribution in [0.1, 0.15) is 30.3 Å². The highest BCUT2D eigenvalue weighted by Crippen LogP contribution is 2.01. The van der Waals surface area contributed by atoms with Crippen LogP contribution in [0.3, 0.4) is 0 Å². The molecule has 7 heteroatoms. The molecular formula is C11H15N3O4. The zero-order valence-electron chi connectivity index (χ0n) is 10.2. The maximum Gasteiger partial charge on any atom is 0.307 e. The van der Waals surface area contributed by atoms with Crippen molar-refractivity contribution in [1.82, 2.24) is 15.5 Å². The highest BCUT2D eigenvalue weighted by molar-refractivity contribution is 5.92. The molecule has 2 N–H and O–H groups in total. The third-order valence-electron chi connectivity index (χ3n) is 2.38. The van der Waals surface area contributed by atoms with Gasteiger partial charge < -0.3 is 10.1 Å². The van der Waals surface area contributed by atoms with Gasteiger partial charge in [-0.15, -0.1) is 0 Å². The molecule has 0 fully saturated rings. The minimum Gasteiger partial charge on any atom is -0.469 e. The monoisotopic (exact) mass is 253 g/mol. The van der Waals surface area contributed by atoms with E-state index in [2.05, 4.69) is 20.3 Å². The van der Waals surface area contributed by atoms with Crippen LogP contribution in [0.15, 0.2) is 16.9 Å². The number of hydrogen-bond donors (Lipinski definition) is 2. The number of hydrogen-bond acceptors (Lipinski definition) is 5. The summed E-state index contributed by atoms with van der Waals surface area (Å²) < 4.78 is 4.53. The van der Waals surface area contributed by atoms with Crippen LogP contribution in [-0.4, -0.2) is 35.2 Å². The molecule has 1 atom stereocenters. The number of rotatable bonds is 5. The largest absolute Gasteiger partial charge is 0.469 e. The van der Waals surface area contributed by atoms with Crippen LogP contribution >= 0.6 is 0 Å². The molecule has 1 unspecified atom stereocenters. The van der Waals surface area contributed by atoms with E-state index in [0.717, 1.165) is 0 Å². The Bertz CT molecular complexity index is 463. The molecule has 1 aromatic heterocycles. The van der Waals surface area contributed by atoms with Crippen LogP contribution in [0, 0.1) is 0 Å². The smallest absolute Gasteiger partial charge is 0.307 e. The summed E-state index contributed by atoms with van der Waals surface area (Å²) >= 11 is 0. The SMILES string of the molecule is CCC(CC(=O)OC)NC(=O)c1ccc(=O)[nH]n1. The van der Waals surface area contributed by atoms with Crippen LogP contribution in [0.25, 0.3) is 0 Å². The lowest BCUT2D eigenvalue weighted by Gasteiger charge is -2.14. The zero-order chi connectivity index (χ0) is 13.5. The van der Waals surface area contributed by atoms with Crippen molar-refractivity contribution in [3.63, 3.8) is 0 Å². The maximum atomic E-state index is 11.7. The first-order valence-electron chi connectivity index (χ1n) is 5.50. The Morgan fingerprint density at radius 3 is 2.72 bits per heavy atom. The van der Waals surface area contributed by atoms with E-state index >= 15 is 0 Å². The fourth-order valence-electron chi connectivity index (χ4n) is 1.31. The Morgan fingerprint density at radius 2 is 2.22 bits per heavy atom. The van der Waals surface area contributed by atoms with Crippen molar-refractivity contribution < 1.29 is 14.3 Å². The van der Waals surface area contributed by atoms with Crippen molar-refractivity contribution in [2.75, 3.05) is 7.11 Å². The summed E-state index contributed by atoms with van der Waals surface area (Å²) in [5.74, 6) is -0.835. The Kier molecular flexibility index (Phi) is 5.04. The molecule has 1 rings (SSSR count). The number of carbonyl (C=O) groups excluding carboxylic acids is 2. The summed E-state index contributed by atoms with van der Waals surface area (Å²) in [4.78, 5) is 33.7. The van der Waals surface area contributed by atoms with Crippen LogP contribution in [-0.2, 0) is 9.53 Å². The molecule has 1 amide bonds. The van der Waals surface area contributed by atoms with Gasteiger partial charge in [0.2, 0.25) is 0 Å². The van der Waals surface area contributed by atoms with Gasteiger partial charge >= 0.3 is 5.97 Å². The van der Waals surface area contributed by atoms with Gasteiger partial charge in [0.1, 0.15) is 5.69 Å². The molecule has 0 aromatic carbocycles. The van der Waals surface area contributed by atoms with Gasteiger partial charge in [0.15, 0.2) is 0 Å². The second-order valence-electron chi connectivity index (χ2n) is 3.67. The van der Waals surface area contributed by atoms with E-state index in [1.54, 1.807) is 0 Å². The lowest BCUT2D eigenvalue weighted by atomic mass is 10.1. The van der Waals surface area contributed by atoms with E-state index in [-0.39, 0.29) is 23.7 Å². The number of aromatic nitrogens is 2. The van der Waals surface area contributed by atoms with Crippen molar-refractivity contribution in [2.24, 2.45) is 0 Å². The Labute approximate surface area is 104 Å². The first kappa shape index (κ1) is 13.9. The number of esters is 1. The molecule has 0 radical (unpaired) electrons. The van der Waals surface area contributed by atoms with Crippen molar-refractivity contribution >= 4 is 11.9 Å². The van der Waals surface area contributed by atoms with Gasteiger partial charge in [-0.2, -0.15) is 5.10 Å². The van der Waals surface area contributed by atoms with Gasteiger partial charge in [-0.25, -0.2) is 5.10 Å². The summed E-state index contributed by atoms with van der Waals surface area (Å²) in [7, 11) is 1.29. The van der Waals surface area contributed by atoms with Crippen molar-refractivity contribution in [1.29, 1.82) is 0 Å². The number of aromatic amines is 1. The second kappa shape index (κ2) is 6.53. The Hall–Kier alpha value is -2.18. The molecule has 0 saturated carbocycles. The predicted molar refractivity (Wildman–Crippen MR) is 63.0 cm³/mol. The van der Waals surface area contributed by atoms with E-state index in [1.165, 1.54) is 19.2 Å². The summed E-state index contributed by atoms with van der Waals surface area (Å²) in [6, 6.07) is 2.21. The molecule has 0 aliphatic heterocycles. The van der Waals surface area contributed by atoms with Gasteiger partial charge in [-0.05, 0) is 12.5 Å². The minimum absolute atomic E-state index is 0.0953. The van der Waals surface area contributed by atoms with Crippen molar-refractivity contribution in [3.8, 4) is 0 Å². The third-order valence-corrected chi connectivity index (χ3v) is 2.38. The highest BCUT2D eigenvalue weighted by atomic mass is 16.5. The zero-order valence-corrected chi connectivity index (χ0v) is 10.2. The molecule has 0 bridgehead atoms. The lowest BCUT2D eigenvalue weighted by molar-refractivity contribution is -0.141. The van der Waals surface area contributed by atoms with E-state index in [9.17, 15) is 14.4 Å². The molecule has 1 heterocycles. The molecule has 18 heavy (non-hydrogen) atoms. The number of H-pyrrole nitrogens is 1. The quantitative estimate of drug-likeness (QED) is 0.710. The molecule has 0 spiro atoms. The fraction of sp³-hybridized carbons (Fsp3) is 0.455. The van der Waals surface area contributed by atoms with Gasteiger partial charge in [-0.3, -0.25) is 14.4 Å². The van der Waals surface area contributed by atoms with E-state index in [4.69, 9.17) is 0 Å². The standard InChI is InChI=1S/C11H15N3O4/c1-3-7(6-10(16)18-2)12-11(17)8-4-5-9(15)14-13-8/h4-5,7H,3,6H2,1-2H3,(H,12,17)(H,14,15). The van der Waals surface area contributed by atoms with Crippen molar-refractivity contribution in [2.45, 2.75) is 25.8 Å². The van der Waals surface area contributed by atoms with E-state index in [0.29, 0.717) is 6.42 Å². The van der Waals surface area contributed by atoms with Gasteiger partial charge in [0, 0.05) is 12.1 Å². The number of amides is 1. The van der Waals surface area contributed by atoms with Gasteiger partial charge in [0.05, 0.1) is 13.5 Å². The summed E-state index contributed by atoms with van der Waals surface area (Å²) in [5, 5.41) is 8.41. The van der Waals surface area contributed by atoms with Crippen LogP contribution < -0.4 is 10.9 Å². The molecule has 0 aliphatic carbocycles. The fourth-order valence-corrected chi connectivity index (χ4v) is 1.31. The molecule has 1 aromatic rings. The predicted octanol–water partition coefficient (Wildman–Crippen LogP) is -0.159. The summed E-state index contributed by atoms with van der Waals surface area (Å²) in [6.07, 6.45) is 0.687. The second-order valence-corrected chi connectivity index (χ2v) is 3.67. The van der Waals surface area contributed by atoms with Crippen molar-refractivity contribution in [3.05, 3.63) is 28.2 Å².